The highest BCUT2D eigenvalue weighted by Crippen LogP contribution is 2.23. The molecule has 144 valence electrons. The number of methoxy groups -OCH3 is 2. The van der Waals surface area contributed by atoms with Crippen LogP contribution in [0, 0.1) is 0 Å². The minimum Gasteiger partial charge on any atom is -0.497 e. The van der Waals surface area contributed by atoms with Crippen LogP contribution < -0.4 is 19.5 Å². The van der Waals surface area contributed by atoms with Crippen LogP contribution in [0.4, 0.5) is 18.9 Å². The largest absolute Gasteiger partial charge is 0.497 e. The second-order valence-electron chi connectivity index (χ2n) is 5.26. The Balaban J connectivity index is 1.96. The van der Waals surface area contributed by atoms with Crippen LogP contribution in [0.2, 0.25) is 0 Å². The minimum absolute atomic E-state index is 0.190. The van der Waals surface area contributed by atoms with E-state index in [2.05, 4.69) is 15.0 Å². The van der Waals surface area contributed by atoms with E-state index in [-0.39, 0.29) is 5.88 Å². The highest BCUT2D eigenvalue weighted by molar-refractivity contribution is 6.01. The first-order chi connectivity index (χ1) is 12.8. The van der Waals surface area contributed by atoms with Crippen molar-refractivity contribution in [3.8, 4) is 17.4 Å². The molecule has 0 aliphatic carbocycles. The molecule has 0 saturated heterocycles. The van der Waals surface area contributed by atoms with Gasteiger partial charge in [-0.1, -0.05) is 0 Å². The van der Waals surface area contributed by atoms with E-state index in [1.54, 1.807) is 24.3 Å². The lowest BCUT2D eigenvalue weighted by Gasteiger charge is -2.08. The van der Waals surface area contributed by atoms with E-state index in [1.807, 2.05) is 0 Å². The normalized spacial score (nSPS) is 11.3. The molecule has 1 N–H and O–H groups in total. The fraction of sp³-hybridized carbons (Fsp3) is 0.222. The third kappa shape index (κ3) is 6.89. The van der Waals surface area contributed by atoms with Crippen LogP contribution in [0.3, 0.4) is 0 Å². The van der Waals surface area contributed by atoms with Gasteiger partial charge in [-0.05, 0) is 29.8 Å². The first-order valence-electron chi connectivity index (χ1n) is 7.67. The van der Waals surface area contributed by atoms with Crippen LogP contribution in [0.5, 0.6) is 17.4 Å². The number of benzene rings is 1. The van der Waals surface area contributed by atoms with Gasteiger partial charge in [0.15, 0.2) is 6.61 Å². The van der Waals surface area contributed by atoms with E-state index in [9.17, 15) is 18.0 Å². The molecule has 0 radical (unpaired) electrons. The van der Waals surface area contributed by atoms with Crippen LogP contribution in [0.1, 0.15) is 5.56 Å². The summed E-state index contributed by atoms with van der Waals surface area (Å²) in [4.78, 5) is 15.7. The van der Waals surface area contributed by atoms with Crippen LogP contribution >= 0.6 is 0 Å². The number of rotatable bonds is 7. The summed E-state index contributed by atoms with van der Waals surface area (Å²) in [5.74, 6) is 0.521. The van der Waals surface area contributed by atoms with Gasteiger partial charge in [0.2, 0.25) is 11.8 Å². The Hall–Kier alpha value is -3.23. The number of alkyl halides is 3. The van der Waals surface area contributed by atoms with E-state index in [4.69, 9.17) is 9.47 Å². The molecular weight excluding hydrogens is 365 g/mol. The molecule has 1 amide bonds. The molecule has 0 bridgehead atoms. The topological polar surface area (TPSA) is 69.7 Å². The number of nitrogens with one attached hydrogen (secondary N) is 1. The lowest BCUT2D eigenvalue weighted by molar-refractivity contribution is -0.154. The number of amides is 1. The van der Waals surface area contributed by atoms with Gasteiger partial charge in [0.1, 0.15) is 11.5 Å². The fourth-order valence-corrected chi connectivity index (χ4v) is 1.98. The molecule has 0 fully saturated rings. The molecule has 27 heavy (non-hydrogen) atoms. The van der Waals surface area contributed by atoms with Gasteiger partial charge < -0.3 is 19.5 Å². The highest BCUT2D eigenvalue weighted by atomic mass is 19.4. The Morgan fingerprint density at radius 1 is 1.15 bits per heavy atom. The lowest BCUT2D eigenvalue weighted by atomic mass is 10.2. The average Bonchev–Trinajstić information content (AvgIpc) is 2.65. The summed E-state index contributed by atoms with van der Waals surface area (Å²) >= 11 is 0. The molecule has 9 heteroatoms. The van der Waals surface area contributed by atoms with Crippen molar-refractivity contribution >= 4 is 17.7 Å². The van der Waals surface area contributed by atoms with Crippen molar-refractivity contribution < 1.29 is 32.2 Å². The molecular formula is C18H17F3N2O4. The van der Waals surface area contributed by atoms with Crippen molar-refractivity contribution in [3.63, 3.8) is 0 Å². The van der Waals surface area contributed by atoms with Crippen molar-refractivity contribution in [2.75, 3.05) is 26.1 Å². The molecule has 0 aliphatic rings. The monoisotopic (exact) mass is 382 g/mol. The number of hydrogen-bond donors (Lipinski definition) is 1. The second kappa shape index (κ2) is 8.93. The lowest BCUT2D eigenvalue weighted by Crippen LogP contribution is -2.19. The summed E-state index contributed by atoms with van der Waals surface area (Å²) in [5, 5.41) is 2.54. The summed E-state index contributed by atoms with van der Waals surface area (Å²) in [7, 11) is 3.04. The van der Waals surface area contributed by atoms with E-state index >= 15 is 0 Å². The number of anilines is 1. The zero-order valence-electron chi connectivity index (χ0n) is 14.5. The Labute approximate surface area is 153 Å². The third-order valence-electron chi connectivity index (χ3n) is 3.19. The summed E-state index contributed by atoms with van der Waals surface area (Å²) < 4.78 is 51.0. The molecule has 0 unspecified atom stereocenters. The number of carbonyl (C=O) groups is 1. The number of aromatic nitrogens is 1. The van der Waals surface area contributed by atoms with Gasteiger partial charge in [-0.25, -0.2) is 4.98 Å². The van der Waals surface area contributed by atoms with Gasteiger partial charge in [0.05, 0.1) is 26.1 Å². The quantitative estimate of drug-likeness (QED) is 0.740. The maximum atomic E-state index is 12.1. The first kappa shape index (κ1) is 20.1. The smallest absolute Gasteiger partial charge is 0.422 e. The second-order valence-corrected chi connectivity index (χ2v) is 5.26. The van der Waals surface area contributed by atoms with E-state index in [1.165, 1.54) is 38.6 Å². The summed E-state index contributed by atoms with van der Waals surface area (Å²) in [5.41, 5.74) is 1.00. The first-order valence-corrected chi connectivity index (χ1v) is 7.67. The van der Waals surface area contributed by atoms with Crippen molar-refractivity contribution in [3.05, 3.63) is 48.2 Å². The van der Waals surface area contributed by atoms with E-state index in [0.29, 0.717) is 22.7 Å². The number of nitrogens with zero attached hydrogens (tertiary/aromatic N) is 1. The molecule has 2 rings (SSSR count). The van der Waals surface area contributed by atoms with E-state index < -0.39 is 18.7 Å². The summed E-state index contributed by atoms with van der Waals surface area (Å²) in [6, 6.07) is 7.77. The van der Waals surface area contributed by atoms with Gasteiger partial charge in [0.25, 0.3) is 0 Å². The Morgan fingerprint density at radius 2 is 1.81 bits per heavy atom. The van der Waals surface area contributed by atoms with Gasteiger partial charge in [-0.3, -0.25) is 4.79 Å². The average molecular weight is 382 g/mol. The fourth-order valence-electron chi connectivity index (χ4n) is 1.98. The zero-order valence-corrected chi connectivity index (χ0v) is 14.5. The van der Waals surface area contributed by atoms with E-state index in [0.717, 1.165) is 0 Å². The predicted octanol–water partition coefficient (Wildman–Crippen LogP) is 3.69. The van der Waals surface area contributed by atoms with Crippen molar-refractivity contribution in [2.45, 2.75) is 6.18 Å². The standard InChI is InChI=1S/C18H17F3N2O4/c1-25-14-7-12(8-15(9-14)26-2)3-5-16(24)23-13-4-6-17(22-10-13)27-11-18(19,20)21/h3-10H,11H2,1-2H3,(H,23,24). The van der Waals surface area contributed by atoms with Gasteiger partial charge in [-0.15, -0.1) is 0 Å². The van der Waals surface area contributed by atoms with Gasteiger partial charge in [-0.2, -0.15) is 13.2 Å². The maximum absolute atomic E-state index is 12.1. The predicted molar refractivity (Wildman–Crippen MR) is 93.0 cm³/mol. The van der Waals surface area contributed by atoms with Crippen LogP contribution in [-0.4, -0.2) is 37.9 Å². The number of hydrogen-bond acceptors (Lipinski definition) is 5. The molecule has 1 heterocycles. The van der Waals surface area contributed by atoms with Crippen LogP contribution in [-0.2, 0) is 4.79 Å². The molecule has 1 aromatic carbocycles. The Bertz CT molecular complexity index is 783. The molecule has 0 aliphatic heterocycles. The van der Waals surface area contributed by atoms with Crippen molar-refractivity contribution in [1.29, 1.82) is 0 Å². The molecule has 0 atom stereocenters. The zero-order chi connectivity index (χ0) is 19.9. The summed E-state index contributed by atoms with van der Waals surface area (Å²) in [6.45, 7) is -1.43. The van der Waals surface area contributed by atoms with Crippen molar-refractivity contribution in [1.82, 2.24) is 4.98 Å². The number of pyridine rings is 1. The molecule has 2 aromatic rings. The maximum Gasteiger partial charge on any atom is 0.422 e. The molecule has 0 saturated carbocycles. The number of carbonyl (C=O) groups excluding carboxylic acids is 1. The number of halogens is 3. The SMILES string of the molecule is COc1cc(C=CC(=O)Nc2ccc(OCC(F)(F)F)nc2)cc(OC)c1. The molecule has 0 spiro atoms. The molecule has 1 aromatic heterocycles. The Morgan fingerprint density at radius 3 is 2.33 bits per heavy atom. The van der Waals surface area contributed by atoms with Gasteiger partial charge in [0, 0.05) is 18.2 Å². The van der Waals surface area contributed by atoms with Crippen molar-refractivity contribution in [2.24, 2.45) is 0 Å². The van der Waals surface area contributed by atoms with Crippen LogP contribution in [0.15, 0.2) is 42.6 Å². The molecule has 6 nitrogen and oxygen atoms in total. The van der Waals surface area contributed by atoms with Gasteiger partial charge >= 0.3 is 6.18 Å². The van der Waals surface area contributed by atoms with Crippen LogP contribution in [0.25, 0.3) is 6.08 Å². The Kier molecular flexibility index (Phi) is 6.64. The number of ether oxygens (including phenoxy) is 3. The minimum atomic E-state index is -4.44. The third-order valence-corrected chi connectivity index (χ3v) is 3.19. The highest BCUT2D eigenvalue weighted by Gasteiger charge is 2.28. The summed E-state index contributed by atoms with van der Waals surface area (Å²) in [6.07, 6.45) is -0.384.